The van der Waals surface area contributed by atoms with Crippen LogP contribution >= 0.6 is 0 Å². The van der Waals surface area contributed by atoms with Crippen LogP contribution in [0.1, 0.15) is 0 Å². The van der Waals surface area contributed by atoms with Gasteiger partial charge in [0.2, 0.25) is 0 Å². The number of aromatic nitrogens is 1. The second kappa shape index (κ2) is 13.3. The van der Waals surface area contributed by atoms with Crippen LogP contribution in [0.5, 0.6) is 0 Å². The molecule has 1 heteroatoms. The lowest BCUT2D eigenvalue weighted by Gasteiger charge is -2.18. The van der Waals surface area contributed by atoms with Crippen molar-refractivity contribution < 1.29 is 0 Å². The van der Waals surface area contributed by atoms with Gasteiger partial charge in [-0.25, -0.2) is 0 Å². The number of nitrogens with zero attached hydrogens (tertiary/aromatic N) is 1. The van der Waals surface area contributed by atoms with Gasteiger partial charge in [0.25, 0.3) is 0 Å². The van der Waals surface area contributed by atoms with Gasteiger partial charge in [-0.2, -0.15) is 0 Å². The van der Waals surface area contributed by atoms with Crippen molar-refractivity contribution in [1.82, 2.24) is 4.57 Å². The zero-order valence-corrected chi connectivity index (χ0v) is 28.2. The number of fused-ring (bicyclic) bond motifs is 5. The highest BCUT2D eigenvalue weighted by molar-refractivity contribution is 6.21. The van der Waals surface area contributed by atoms with Crippen molar-refractivity contribution in [3.8, 4) is 39.1 Å². The van der Waals surface area contributed by atoms with E-state index in [1.54, 1.807) is 0 Å². The summed E-state index contributed by atoms with van der Waals surface area (Å²) >= 11 is 0. The first-order valence-electron chi connectivity index (χ1n) is 17.5. The predicted molar refractivity (Wildman–Crippen MR) is 219 cm³/mol. The van der Waals surface area contributed by atoms with E-state index in [0.29, 0.717) is 0 Å². The Kier molecular flexibility index (Phi) is 7.92. The van der Waals surface area contributed by atoms with Gasteiger partial charge in [-0.1, -0.05) is 188 Å². The van der Waals surface area contributed by atoms with Crippen LogP contribution in [0.15, 0.2) is 212 Å². The molecule has 240 valence electrons. The fourth-order valence-electron chi connectivity index (χ4n) is 7.59. The third-order valence-corrected chi connectivity index (χ3v) is 9.87. The van der Waals surface area contributed by atoms with E-state index in [9.17, 15) is 0 Å². The van der Waals surface area contributed by atoms with Crippen molar-refractivity contribution in [3.63, 3.8) is 0 Å². The molecule has 0 saturated heterocycles. The minimum Gasteiger partial charge on any atom is -0.309 e. The van der Waals surface area contributed by atoms with E-state index in [4.69, 9.17) is 0 Å². The summed E-state index contributed by atoms with van der Waals surface area (Å²) in [6.07, 6.45) is 0. The molecule has 1 nitrogen and oxygen atoms in total. The highest BCUT2D eigenvalue weighted by Crippen LogP contribution is 2.44. The first kappa shape index (κ1) is 30.4. The second-order valence-corrected chi connectivity index (χ2v) is 12.9. The van der Waals surface area contributed by atoms with E-state index in [1.807, 2.05) is 12.1 Å². The van der Waals surface area contributed by atoms with Crippen molar-refractivity contribution in [2.45, 2.75) is 0 Å². The van der Waals surface area contributed by atoms with E-state index in [-0.39, 0.29) is 0 Å². The number of benzene rings is 9. The number of para-hydroxylation sites is 2. The summed E-state index contributed by atoms with van der Waals surface area (Å²) in [5.74, 6) is 0. The lowest BCUT2D eigenvalue weighted by atomic mass is 9.86. The third kappa shape index (κ3) is 5.56. The zero-order valence-electron chi connectivity index (χ0n) is 28.2. The van der Waals surface area contributed by atoms with Gasteiger partial charge < -0.3 is 4.57 Å². The van der Waals surface area contributed by atoms with E-state index < -0.39 is 0 Å². The van der Waals surface area contributed by atoms with Gasteiger partial charge >= 0.3 is 0 Å². The van der Waals surface area contributed by atoms with Crippen molar-refractivity contribution >= 4 is 43.4 Å². The fourth-order valence-corrected chi connectivity index (χ4v) is 7.59. The average Bonchev–Trinajstić information content (AvgIpc) is 3.56. The van der Waals surface area contributed by atoms with Crippen LogP contribution in [0.2, 0.25) is 0 Å². The molecule has 0 fully saturated rings. The van der Waals surface area contributed by atoms with E-state index in [1.165, 1.54) is 82.4 Å². The largest absolute Gasteiger partial charge is 0.309 e. The van der Waals surface area contributed by atoms with Crippen LogP contribution in [0, 0.1) is 0 Å². The van der Waals surface area contributed by atoms with Gasteiger partial charge in [-0.3, -0.25) is 0 Å². The van der Waals surface area contributed by atoms with Crippen LogP contribution in [0.25, 0.3) is 82.4 Å². The topological polar surface area (TPSA) is 4.93 Å². The van der Waals surface area contributed by atoms with Crippen LogP contribution in [0.3, 0.4) is 0 Å². The third-order valence-electron chi connectivity index (χ3n) is 9.87. The molecule has 0 unspecified atom stereocenters. The molecule has 0 N–H and O–H groups in total. The molecule has 0 aliphatic carbocycles. The summed E-state index contributed by atoms with van der Waals surface area (Å²) in [7, 11) is 0. The Balaban J connectivity index is 0.000000246. The van der Waals surface area contributed by atoms with Crippen LogP contribution in [0.4, 0.5) is 0 Å². The Bertz CT molecular complexity index is 2610. The summed E-state index contributed by atoms with van der Waals surface area (Å²) in [6.45, 7) is 0. The maximum atomic E-state index is 2.38. The van der Waals surface area contributed by atoms with Gasteiger partial charge in [0, 0.05) is 16.5 Å². The molecule has 0 aliphatic heterocycles. The van der Waals surface area contributed by atoms with Gasteiger partial charge in [0.15, 0.2) is 0 Å². The highest BCUT2D eigenvalue weighted by atomic mass is 15.0. The van der Waals surface area contributed by atoms with E-state index in [0.717, 1.165) is 0 Å². The predicted octanol–water partition coefficient (Wildman–Crippen LogP) is 13.8. The van der Waals surface area contributed by atoms with Gasteiger partial charge in [-0.15, -0.1) is 0 Å². The zero-order chi connectivity index (χ0) is 34.0. The summed E-state index contributed by atoms with van der Waals surface area (Å²) in [6, 6.07) is 75.7. The molecule has 0 saturated carbocycles. The Morgan fingerprint density at radius 2 is 0.510 bits per heavy atom. The minimum atomic E-state index is 1.17. The lowest BCUT2D eigenvalue weighted by molar-refractivity contribution is 1.18. The van der Waals surface area contributed by atoms with Gasteiger partial charge in [-0.05, 0) is 79.2 Å². The van der Waals surface area contributed by atoms with E-state index in [2.05, 4.69) is 205 Å². The summed E-state index contributed by atoms with van der Waals surface area (Å²) < 4.78 is 2.38. The fraction of sp³-hybridized carbons (Fsp3) is 0. The molecule has 1 aromatic heterocycles. The van der Waals surface area contributed by atoms with Crippen molar-refractivity contribution in [2.75, 3.05) is 0 Å². The molecular weight excluding hydrogens is 615 g/mol. The monoisotopic (exact) mass is 649 g/mol. The van der Waals surface area contributed by atoms with Gasteiger partial charge in [0.05, 0.1) is 11.0 Å². The Morgan fingerprint density at radius 3 is 0.902 bits per heavy atom. The number of rotatable bonds is 4. The molecule has 0 radical (unpaired) electrons. The molecule has 51 heavy (non-hydrogen) atoms. The first-order valence-corrected chi connectivity index (χ1v) is 17.5. The maximum Gasteiger partial charge on any atom is 0.0541 e. The molecule has 0 atom stereocenters. The lowest BCUT2D eigenvalue weighted by Crippen LogP contribution is -1.94. The van der Waals surface area contributed by atoms with Crippen molar-refractivity contribution in [2.24, 2.45) is 0 Å². The van der Waals surface area contributed by atoms with E-state index >= 15 is 0 Å². The molecule has 0 amide bonds. The SMILES string of the molecule is c1ccc(-c2c3ccccc3c(-c3ccc(-n4c5ccccc5c5ccccc54)cc3)c3ccccc23)cc1.c1ccc(-c2ccccc2)cc1. The standard InChI is InChI=1S/C38H25N.C12H10/c1-2-12-26(13-3-1)37-31-16-4-6-18-33(31)38(34-19-7-5-17-32(34)37)27-22-24-28(25-23-27)39-35-20-10-8-14-29(35)30-15-9-11-21-36(30)39;1-3-7-11(8-4-1)12-9-5-2-6-10-12/h1-25H;1-10H. The highest BCUT2D eigenvalue weighted by Gasteiger charge is 2.17. The van der Waals surface area contributed by atoms with Crippen molar-refractivity contribution in [1.29, 1.82) is 0 Å². The summed E-state index contributed by atoms with van der Waals surface area (Å²) in [5, 5.41) is 7.68. The Hall–Kier alpha value is -6.70. The average molecular weight is 650 g/mol. The van der Waals surface area contributed by atoms with Crippen LogP contribution in [-0.2, 0) is 0 Å². The molecule has 1 heterocycles. The first-order chi connectivity index (χ1) is 25.3. The molecule has 0 aliphatic rings. The van der Waals surface area contributed by atoms with Crippen LogP contribution < -0.4 is 0 Å². The Morgan fingerprint density at radius 1 is 0.216 bits per heavy atom. The summed E-state index contributed by atoms with van der Waals surface area (Å²) in [4.78, 5) is 0. The second-order valence-electron chi connectivity index (χ2n) is 12.9. The smallest absolute Gasteiger partial charge is 0.0541 e. The number of hydrogen-bond acceptors (Lipinski definition) is 0. The Labute approximate surface area is 298 Å². The maximum absolute atomic E-state index is 2.38. The quantitative estimate of drug-likeness (QED) is 0.167. The molecular formula is C50H35N. The number of hydrogen-bond donors (Lipinski definition) is 0. The minimum absolute atomic E-state index is 1.17. The molecule has 0 bridgehead atoms. The molecule has 10 rings (SSSR count). The molecule has 0 spiro atoms. The van der Waals surface area contributed by atoms with Crippen molar-refractivity contribution in [3.05, 3.63) is 212 Å². The molecule has 10 aromatic rings. The van der Waals surface area contributed by atoms with Gasteiger partial charge in [0.1, 0.15) is 0 Å². The molecule has 9 aromatic carbocycles. The van der Waals surface area contributed by atoms with Crippen LogP contribution in [-0.4, -0.2) is 4.57 Å². The summed E-state index contributed by atoms with van der Waals surface area (Å²) in [5.41, 5.74) is 11.2. The normalized spacial score (nSPS) is 11.1.